The first-order chi connectivity index (χ1) is 29.9. The Morgan fingerprint density at radius 3 is 1.29 bits per heavy atom. The predicted octanol–water partition coefficient (Wildman–Crippen LogP) is 16.4. The van der Waals surface area contributed by atoms with Crippen LogP contribution in [0.3, 0.4) is 0 Å². The minimum atomic E-state index is -1.91. The van der Waals surface area contributed by atoms with E-state index in [9.17, 15) is 0 Å². The van der Waals surface area contributed by atoms with E-state index in [0.29, 0.717) is 0 Å². The number of benzene rings is 4. The Kier molecular flexibility index (Phi) is 17.1. The zero-order valence-electron chi connectivity index (χ0n) is 39.3. The molecular formula is C56H75Cl2N2PRu. The maximum absolute atomic E-state index is 6.27. The minimum absolute atomic E-state index is 0.0465. The fourth-order valence-corrected chi connectivity index (χ4v) is 19.5. The summed E-state index contributed by atoms with van der Waals surface area (Å²) in [5, 5.41) is 0. The number of anilines is 2. The SMILES string of the molecule is C1CCC([PH+](C2CCCCC2)C2CCCCC2)CC1.Cc1cc(C)c(N2[CH-]N(c3c(C)cc(C)cc3C)CC2)c(C)c1.Cc1ccc(C2=C[C](=[Ru]([Cl])[Cl])c3cc(C)ccc32)cc1. The predicted molar refractivity (Wildman–Crippen MR) is 274 cm³/mol. The topological polar surface area (TPSA) is 6.48 Å². The van der Waals surface area contributed by atoms with Crippen molar-refractivity contribution in [2.75, 3.05) is 22.9 Å². The summed E-state index contributed by atoms with van der Waals surface area (Å²) in [7, 11) is 12.5. The number of halogens is 2. The third-order valence-electron chi connectivity index (χ3n) is 14.4. The normalized spacial score (nSPS) is 18.9. The zero-order chi connectivity index (χ0) is 43.9. The van der Waals surface area contributed by atoms with Gasteiger partial charge in [0.2, 0.25) is 0 Å². The number of fused-ring (bicyclic) bond motifs is 1. The Morgan fingerprint density at radius 1 is 0.484 bits per heavy atom. The van der Waals surface area contributed by atoms with Crippen LogP contribution in [-0.2, 0) is 13.5 Å². The molecule has 0 aromatic heterocycles. The van der Waals surface area contributed by atoms with E-state index >= 15 is 0 Å². The van der Waals surface area contributed by atoms with E-state index < -0.39 is 13.5 Å². The molecule has 1 aliphatic heterocycles. The van der Waals surface area contributed by atoms with Gasteiger partial charge in [-0.1, -0.05) is 54.7 Å². The molecule has 0 spiro atoms. The van der Waals surface area contributed by atoms with Crippen LogP contribution in [0, 0.1) is 62.1 Å². The van der Waals surface area contributed by atoms with Gasteiger partial charge in [0.25, 0.3) is 0 Å². The fraction of sp³-hybridized carbons (Fsp3) is 0.500. The molecule has 0 radical (unpaired) electrons. The van der Waals surface area contributed by atoms with Crippen LogP contribution in [0.1, 0.15) is 158 Å². The van der Waals surface area contributed by atoms with Gasteiger partial charge in [0.15, 0.2) is 0 Å². The van der Waals surface area contributed by atoms with E-state index in [1.165, 1.54) is 95.1 Å². The number of hydrogen-bond acceptors (Lipinski definition) is 2. The summed E-state index contributed by atoms with van der Waals surface area (Å²) in [4.78, 5) is 4.81. The summed E-state index contributed by atoms with van der Waals surface area (Å²) in [6.07, 6.45) is 26.0. The molecule has 1 saturated heterocycles. The molecule has 0 N–H and O–H groups in total. The van der Waals surface area contributed by atoms with Crippen LogP contribution in [0.5, 0.6) is 0 Å². The van der Waals surface area contributed by atoms with Crippen molar-refractivity contribution in [2.45, 2.75) is 169 Å². The second-order valence-corrected chi connectivity index (χ2v) is 28.8. The molecule has 4 aromatic rings. The first kappa shape index (κ1) is 47.7. The molecule has 3 saturated carbocycles. The van der Waals surface area contributed by atoms with Crippen molar-refractivity contribution in [1.29, 1.82) is 0 Å². The molecule has 9 rings (SSSR count). The van der Waals surface area contributed by atoms with Gasteiger partial charge in [0.05, 0.1) is 17.0 Å². The molecule has 336 valence electrons. The maximum atomic E-state index is 6.27. The van der Waals surface area contributed by atoms with Gasteiger partial charge in [-0.15, -0.1) is 0 Å². The number of nitrogens with zero attached hydrogens (tertiary/aromatic N) is 2. The van der Waals surface area contributed by atoms with Crippen molar-refractivity contribution in [3.63, 3.8) is 0 Å². The van der Waals surface area contributed by atoms with Gasteiger partial charge < -0.3 is 9.80 Å². The molecule has 0 atom stereocenters. The summed E-state index contributed by atoms with van der Waals surface area (Å²) < 4.78 is 1.13. The van der Waals surface area contributed by atoms with Crippen LogP contribution in [0.15, 0.2) is 72.8 Å². The second kappa shape index (κ2) is 22.3. The van der Waals surface area contributed by atoms with Gasteiger partial charge in [0, 0.05) is 32.4 Å². The molecule has 4 aromatic carbocycles. The Bertz CT molecular complexity index is 2050. The van der Waals surface area contributed by atoms with Crippen LogP contribution >= 0.6 is 27.3 Å². The Morgan fingerprint density at radius 2 is 0.887 bits per heavy atom. The Balaban J connectivity index is 0.000000141. The summed E-state index contributed by atoms with van der Waals surface area (Å²) in [6, 6.07) is 24.2. The average molecular weight is 979 g/mol. The summed E-state index contributed by atoms with van der Waals surface area (Å²) >= 11 is -1.91. The van der Waals surface area contributed by atoms with E-state index in [2.05, 4.69) is 145 Å². The standard InChI is InChI=1S/C21H27N2.C18H33P.C17H14.2ClH.Ru/c1-14-9-16(3)20(17(4)10-14)22-7-8-23(13-22)21-18(5)11-15(2)12-19(21)6;1-4-10-16(11-5-1)19(17-12-6-2-7-13-17)18-14-8-3-9-15-18;1-12-3-6-14(7-4-12)16-10-8-15-11-13(2)5-9-17(15)16;;;/h9-13H,7-8H2,1-6H3;16-18H,1-15H2;3-7,9-11H,1-2H3;2*1H;/q-1;;;;;+2/p-1. The van der Waals surface area contributed by atoms with Crippen molar-refractivity contribution in [2.24, 2.45) is 0 Å². The summed E-state index contributed by atoms with van der Waals surface area (Å²) in [6.45, 7) is 21.8. The first-order valence-corrected chi connectivity index (χ1v) is 31.1. The molecule has 0 amide bonds. The van der Waals surface area contributed by atoms with Crippen molar-refractivity contribution in [3.05, 3.63) is 141 Å². The van der Waals surface area contributed by atoms with Crippen LogP contribution in [0.4, 0.5) is 11.4 Å². The van der Waals surface area contributed by atoms with E-state index in [0.717, 1.165) is 17.2 Å². The molecule has 62 heavy (non-hydrogen) atoms. The zero-order valence-corrected chi connectivity index (χ0v) is 43.5. The van der Waals surface area contributed by atoms with E-state index in [1.54, 1.807) is 96.3 Å². The molecule has 2 nitrogen and oxygen atoms in total. The van der Waals surface area contributed by atoms with Crippen molar-refractivity contribution in [3.8, 4) is 0 Å². The third-order valence-corrected chi connectivity index (χ3v) is 22.1. The van der Waals surface area contributed by atoms with Crippen molar-refractivity contribution >= 4 is 48.4 Å². The Hall–Kier alpha value is -2.28. The third kappa shape index (κ3) is 11.8. The van der Waals surface area contributed by atoms with Crippen LogP contribution in [0.25, 0.3) is 5.57 Å². The van der Waals surface area contributed by atoms with Gasteiger partial charge in [-0.2, -0.15) is 6.67 Å². The number of aryl methyl sites for hydroxylation is 8. The van der Waals surface area contributed by atoms with Crippen LogP contribution < -0.4 is 9.80 Å². The summed E-state index contributed by atoms with van der Waals surface area (Å²) in [5.41, 5.74) is 21.9. The molecule has 1 heterocycles. The molecule has 6 heteroatoms. The molecule has 4 fully saturated rings. The molecule has 0 bridgehead atoms. The van der Waals surface area contributed by atoms with Gasteiger partial charge in [0.1, 0.15) is 0 Å². The van der Waals surface area contributed by atoms with Gasteiger partial charge in [-0.25, -0.2) is 0 Å². The van der Waals surface area contributed by atoms with E-state index in [1.807, 2.05) is 0 Å². The molecule has 5 aliphatic rings. The van der Waals surface area contributed by atoms with Crippen LogP contribution in [0.2, 0.25) is 0 Å². The van der Waals surface area contributed by atoms with E-state index in [-0.39, 0.29) is 7.92 Å². The first-order valence-electron chi connectivity index (χ1n) is 24.1. The molecule has 4 aliphatic carbocycles. The van der Waals surface area contributed by atoms with Crippen molar-refractivity contribution < 1.29 is 13.5 Å². The second-order valence-electron chi connectivity index (χ2n) is 19.5. The van der Waals surface area contributed by atoms with E-state index in [4.69, 9.17) is 19.4 Å². The van der Waals surface area contributed by atoms with Crippen LogP contribution in [-0.4, -0.2) is 34.2 Å². The fourth-order valence-electron chi connectivity index (χ4n) is 11.8. The van der Waals surface area contributed by atoms with Gasteiger partial charge in [-0.05, 0) is 141 Å². The summed E-state index contributed by atoms with van der Waals surface area (Å²) in [5.74, 6) is 0. The monoisotopic (exact) mass is 978 g/mol. The molecule has 0 unspecified atom stereocenters. The molecular weight excluding hydrogens is 904 g/mol. The number of allylic oxidation sites excluding steroid dienone is 1. The van der Waals surface area contributed by atoms with Crippen molar-refractivity contribution in [1.82, 2.24) is 0 Å². The Labute approximate surface area is 391 Å². The number of hydrogen-bond donors (Lipinski definition) is 0. The number of rotatable bonds is 6. The quantitative estimate of drug-likeness (QED) is 0.108. The van der Waals surface area contributed by atoms with Gasteiger partial charge in [-0.3, -0.25) is 0 Å². The average Bonchev–Trinajstić information content (AvgIpc) is 3.87. The van der Waals surface area contributed by atoms with Gasteiger partial charge >= 0.3 is 133 Å².